The molecule has 0 spiro atoms. The maximum Gasteiger partial charge on any atom is 0.158 e. The van der Waals surface area contributed by atoms with E-state index < -0.39 is 24.5 Å². The molecule has 0 radical (unpaired) electrons. The highest BCUT2D eigenvalue weighted by Crippen LogP contribution is 2.33. The number of nitrogens with zero attached hydrogens (tertiary/aromatic N) is 1. The second-order valence-electron chi connectivity index (χ2n) is 4.16. The zero-order chi connectivity index (χ0) is 12.6. The number of benzene rings is 1. The fourth-order valence-corrected chi connectivity index (χ4v) is 2.18. The van der Waals surface area contributed by atoms with Gasteiger partial charge >= 0.3 is 0 Å². The zero-order valence-corrected chi connectivity index (χ0v) is 9.70. The van der Waals surface area contributed by atoms with Crippen molar-refractivity contribution >= 4 is 11.6 Å². The molecule has 5 nitrogen and oxygen atoms in total. The fourth-order valence-electron chi connectivity index (χ4n) is 2.06. The first kappa shape index (κ1) is 12.8. The van der Waals surface area contributed by atoms with Crippen LogP contribution in [0, 0.1) is 0 Å². The third kappa shape index (κ3) is 2.44. The zero-order valence-electron chi connectivity index (χ0n) is 8.94. The number of hydrogen-bond donors (Lipinski definition) is 4. The van der Waals surface area contributed by atoms with Gasteiger partial charge in [-0.1, -0.05) is 23.7 Å². The minimum Gasteiger partial charge on any atom is -0.388 e. The molecule has 0 aromatic heterocycles. The minimum absolute atomic E-state index is 0.135. The number of hydrogen-bond acceptors (Lipinski definition) is 5. The standard InChI is InChI=1S/C11H14ClNO4/c12-7-3-1-6(2-4-7)8-5-9(14)13(17)11(16)10(8)15/h1-4,8-11,14-17H,5H2. The van der Waals surface area contributed by atoms with Gasteiger partial charge in [-0.2, -0.15) is 0 Å². The molecule has 1 heterocycles. The molecule has 1 fully saturated rings. The molecule has 1 saturated heterocycles. The van der Waals surface area contributed by atoms with Crippen molar-refractivity contribution < 1.29 is 20.5 Å². The van der Waals surface area contributed by atoms with Crippen molar-refractivity contribution in [2.75, 3.05) is 0 Å². The topological polar surface area (TPSA) is 84.2 Å². The smallest absolute Gasteiger partial charge is 0.158 e. The van der Waals surface area contributed by atoms with Gasteiger partial charge in [-0.3, -0.25) is 0 Å². The Morgan fingerprint density at radius 1 is 1.12 bits per heavy atom. The Morgan fingerprint density at radius 2 is 1.71 bits per heavy atom. The molecule has 6 heteroatoms. The predicted molar refractivity (Wildman–Crippen MR) is 60.5 cm³/mol. The molecule has 17 heavy (non-hydrogen) atoms. The van der Waals surface area contributed by atoms with Gasteiger partial charge in [0.2, 0.25) is 0 Å². The van der Waals surface area contributed by atoms with Crippen LogP contribution in [0.15, 0.2) is 24.3 Å². The maximum absolute atomic E-state index is 9.85. The summed E-state index contributed by atoms with van der Waals surface area (Å²) in [6, 6.07) is 6.80. The lowest BCUT2D eigenvalue weighted by Gasteiger charge is -2.40. The molecule has 1 aromatic rings. The lowest BCUT2D eigenvalue weighted by Crippen LogP contribution is -2.54. The van der Waals surface area contributed by atoms with E-state index in [9.17, 15) is 20.5 Å². The van der Waals surface area contributed by atoms with E-state index in [1.165, 1.54) is 0 Å². The summed E-state index contributed by atoms with van der Waals surface area (Å²) in [5.74, 6) is -0.444. The van der Waals surface area contributed by atoms with E-state index >= 15 is 0 Å². The first-order valence-corrected chi connectivity index (χ1v) is 5.65. The molecule has 0 saturated carbocycles. The molecule has 0 aliphatic carbocycles. The van der Waals surface area contributed by atoms with Crippen molar-refractivity contribution in [2.45, 2.75) is 30.9 Å². The van der Waals surface area contributed by atoms with E-state index in [2.05, 4.69) is 0 Å². The van der Waals surface area contributed by atoms with Crippen LogP contribution >= 0.6 is 11.6 Å². The quantitative estimate of drug-likeness (QED) is 0.591. The van der Waals surface area contributed by atoms with Gasteiger partial charge in [0.05, 0.1) is 0 Å². The Bertz CT molecular complexity index is 386. The van der Waals surface area contributed by atoms with Crippen molar-refractivity contribution in [3.8, 4) is 0 Å². The predicted octanol–water partition coefficient (Wildman–Crippen LogP) is 0.516. The fraction of sp³-hybridized carbons (Fsp3) is 0.455. The molecule has 1 aromatic carbocycles. The summed E-state index contributed by atoms with van der Waals surface area (Å²) in [5, 5.41) is 39.1. The average Bonchev–Trinajstić information content (AvgIpc) is 2.32. The molecule has 4 N–H and O–H groups in total. The van der Waals surface area contributed by atoms with Gasteiger partial charge < -0.3 is 20.5 Å². The number of rotatable bonds is 1. The Morgan fingerprint density at radius 3 is 2.29 bits per heavy atom. The highest BCUT2D eigenvalue weighted by molar-refractivity contribution is 6.30. The lowest BCUT2D eigenvalue weighted by atomic mass is 9.86. The molecular weight excluding hydrogens is 246 g/mol. The van der Waals surface area contributed by atoms with Crippen LogP contribution in [0.2, 0.25) is 5.02 Å². The lowest BCUT2D eigenvalue weighted by molar-refractivity contribution is -0.313. The molecule has 94 valence electrons. The Kier molecular flexibility index (Phi) is 3.67. The van der Waals surface area contributed by atoms with Gasteiger partial charge in [0.1, 0.15) is 12.3 Å². The number of aliphatic hydroxyl groups excluding tert-OH is 3. The third-order valence-corrected chi connectivity index (χ3v) is 3.31. The summed E-state index contributed by atoms with van der Waals surface area (Å²) in [6.45, 7) is 0. The highest BCUT2D eigenvalue weighted by Gasteiger charge is 2.41. The molecule has 1 aliphatic heterocycles. The van der Waals surface area contributed by atoms with E-state index in [1.54, 1.807) is 24.3 Å². The monoisotopic (exact) mass is 259 g/mol. The van der Waals surface area contributed by atoms with Crippen LogP contribution in [0.4, 0.5) is 0 Å². The van der Waals surface area contributed by atoms with E-state index in [1.807, 2.05) is 0 Å². The maximum atomic E-state index is 9.85. The highest BCUT2D eigenvalue weighted by atomic mass is 35.5. The first-order valence-electron chi connectivity index (χ1n) is 5.27. The molecule has 2 rings (SSSR count). The number of piperidine rings is 1. The van der Waals surface area contributed by atoms with Crippen LogP contribution in [0.25, 0.3) is 0 Å². The van der Waals surface area contributed by atoms with Crippen molar-refractivity contribution in [1.82, 2.24) is 5.06 Å². The normalized spacial score (nSPS) is 34.9. The molecule has 1 aliphatic rings. The summed E-state index contributed by atoms with van der Waals surface area (Å²) in [5.41, 5.74) is 0.758. The van der Waals surface area contributed by atoms with E-state index in [-0.39, 0.29) is 6.42 Å². The molecular formula is C11H14ClNO4. The second-order valence-corrected chi connectivity index (χ2v) is 4.60. The van der Waals surface area contributed by atoms with Crippen molar-refractivity contribution in [2.24, 2.45) is 0 Å². The van der Waals surface area contributed by atoms with Crippen molar-refractivity contribution in [3.05, 3.63) is 34.9 Å². The number of aliphatic hydroxyl groups is 3. The van der Waals surface area contributed by atoms with Crippen LogP contribution in [0.3, 0.4) is 0 Å². The molecule has 0 bridgehead atoms. The Balaban J connectivity index is 2.23. The first-order chi connectivity index (χ1) is 8.00. The Hall–Kier alpha value is -0.690. The number of hydroxylamine groups is 2. The third-order valence-electron chi connectivity index (χ3n) is 3.06. The second kappa shape index (κ2) is 4.89. The van der Waals surface area contributed by atoms with E-state index in [0.29, 0.717) is 10.1 Å². The van der Waals surface area contributed by atoms with Crippen LogP contribution in [0.5, 0.6) is 0 Å². The average molecular weight is 260 g/mol. The van der Waals surface area contributed by atoms with E-state index in [4.69, 9.17) is 11.6 Å². The summed E-state index contributed by atoms with van der Waals surface area (Å²) in [6.07, 6.45) is -3.73. The van der Waals surface area contributed by atoms with Gasteiger partial charge in [0, 0.05) is 10.9 Å². The van der Waals surface area contributed by atoms with Crippen molar-refractivity contribution in [1.29, 1.82) is 0 Å². The van der Waals surface area contributed by atoms with Gasteiger partial charge in [-0.05, 0) is 24.1 Å². The Labute approximate surface area is 103 Å². The summed E-state index contributed by atoms with van der Waals surface area (Å²) < 4.78 is 0. The van der Waals surface area contributed by atoms with Gasteiger partial charge in [-0.15, -0.1) is 5.06 Å². The van der Waals surface area contributed by atoms with Crippen molar-refractivity contribution in [3.63, 3.8) is 0 Å². The largest absolute Gasteiger partial charge is 0.388 e. The summed E-state index contributed by atoms with van der Waals surface area (Å²) >= 11 is 5.76. The van der Waals surface area contributed by atoms with Gasteiger partial charge in [0.15, 0.2) is 6.23 Å². The molecule has 4 atom stereocenters. The summed E-state index contributed by atoms with van der Waals surface area (Å²) in [4.78, 5) is 0. The van der Waals surface area contributed by atoms with Crippen LogP contribution in [-0.4, -0.2) is 44.1 Å². The molecule has 4 unspecified atom stereocenters. The SMILES string of the molecule is OC1C(c2ccc(Cl)cc2)CC(O)N(O)C1O. The van der Waals surface area contributed by atoms with Crippen LogP contribution in [0.1, 0.15) is 17.9 Å². The molecule has 0 amide bonds. The minimum atomic E-state index is -1.50. The van der Waals surface area contributed by atoms with E-state index in [0.717, 1.165) is 5.56 Å². The summed E-state index contributed by atoms with van der Waals surface area (Å²) in [7, 11) is 0. The number of halogens is 1. The van der Waals surface area contributed by atoms with Crippen LogP contribution < -0.4 is 0 Å². The van der Waals surface area contributed by atoms with Crippen LogP contribution in [-0.2, 0) is 0 Å². The van der Waals surface area contributed by atoms with Gasteiger partial charge in [0.25, 0.3) is 0 Å². The van der Waals surface area contributed by atoms with Gasteiger partial charge in [-0.25, -0.2) is 0 Å².